The third kappa shape index (κ3) is 44.3. The van der Waals surface area contributed by atoms with Crippen LogP contribution in [0.25, 0.3) is 0 Å². The second-order valence-corrected chi connectivity index (χ2v) is 19.1. The van der Waals surface area contributed by atoms with Crippen LogP contribution in [0.3, 0.4) is 0 Å². The number of hydrazine groups is 1. The number of nitrogens with one attached hydrogen (secondary N) is 2. The Balaban J connectivity index is -0.000000239. The Bertz CT molecular complexity index is 1840. The molecule has 5 saturated carbocycles. The van der Waals surface area contributed by atoms with Gasteiger partial charge in [0.2, 0.25) is 17.1 Å². The van der Waals surface area contributed by atoms with E-state index in [9.17, 15) is 19.2 Å². The minimum Gasteiger partial charge on any atom is -1.00 e. The monoisotopic (exact) mass is 1160 g/mol. The molecule has 0 atom stereocenters. The molecule has 5 aliphatic carbocycles. The van der Waals surface area contributed by atoms with Crippen LogP contribution in [0.2, 0.25) is 0 Å². The van der Waals surface area contributed by atoms with Crippen molar-refractivity contribution >= 4 is 111 Å². The van der Waals surface area contributed by atoms with E-state index in [0.29, 0.717) is 18.8 Å². The molecule has 6 N–H and O–H groups in total. The molecule has 3 aromatic rings. The van der Waals surface area contributed by atoms with Gasteiger partial charge in [0.1, 0.15) is 30.0 Å². The molecule has 6 aliphatic rings. The van der Waals surface area contributed by atoms with Gasteiger partial charge >= 0.3 is 48.0 Å². The van der Waals surface area contributed by atoms with E-state index in [0.717, 1.165) is 77.5 Å². The van der Waals surface area contributed by atoms with Crippen LogP contribution in [0, 0.1) is 11.8 Å². The Kier molecular flexibility index (Phi) is 52.2. The van der Waals surface area contributed by atoms with Gasteiger partial charge in [-0.05, 0) is 102 Å². The molecule has 3 radical (unpaired) electrons. The molecule has 9 rings (SSSR count). The van der Waals surface area contributed by atoms with E-state index < -0.39 is 0 Å². The van der Waals surface area contributed by atoms with E-state index in [-0.39, 0.29) is 112 Å². The summed E-state index contributed by atoms with van der Waals surface area (Å²) >= 11 is 13.2. The van der Waals surface area contributed by atoms with Crippen LogP contribution in [0.5, 0.6) is 0 Å². The molecule has 0 bridgehead atoms. The summed E-state index contributed by atoms with van der Waals surface area (Å²) in [5.74, 6) is 7.64. The van der Waals surface area contributed by atoms with E-state index in [1.807, 2.05) is 0 Å². The van der Waals surface area contributed by atoms with Gasteiger partial charge in [-0.15, -0.1) is 53.3 Å². The summed E-state index contributed by atoms with van der Waals surface area (Å²) in [5.41, 5.74) is 2.09. The molecule has 29 heteroatoms. The zero-order valence-electron chi connectivity index (χ0n) is 42.4. The number of halogens is 2. The standard InChI is InChI=1S/C8H13NO2.C7H10N2S.C6H7BrN2S.C6H8N2OS.C4H8N2O.C4H8O.C3H5ClO.C2H6O.3CO2.B.Na.H/c1-2-8(11)9-5-7(10)6-3-4-6;1-2-6-8-9-7(10-6)5-3-4-5;7-3-5-8-9-6(10-5)4-1-2-4;9-3-5-7-8-6(10-5)4-1-2-4;5-6-4(7)3-1-2-3;1-2-4-5-3-1;1-2-3(4)5;1-2-3;3*2-1-3;;;/h6H,2-5H2,1H3,(H,9,11);5H,2-4H2,1H3;4H,1-3H2;4,9H,1-3H2;3H,1-2,5H2,(H,6,7);1-4H2;2H2,1H3;3H,2H2,1H3;;;;;;/q;;;;;;;;;;;;+1;-1. The van der Waals surface area contributed by atoms with Crippen LogP contribution < -0.4 is 46.1 Å². The topological polar surface area (TPSA) is 348 Å². The molecule has 6 fully saturated rings. The summed E-state index contributed by atoms with van der Waals surface area (Å²) in [7, 11) is 0. The zero-order chi connectivity index (χ0) is 53.1. The number of nitrogens with two attached hydrogens (primary N) is 1. The number of alkyl halides is 1. The molecule has 397 valence electrons. The Morgan fingerprint density at radius 3 is 1.26 bits per heavy atom. The molecule has 0 spiro atoms. The maximum atomic E-state index is 11.0. The van der Waals surface area contributed by atoms with Crippen molar-refractivity contribution in [3.63, 3.8) is 0 Å². The van der Waals surface area contributed by atoms with Gasteiger partial charge in [0.15, 0.2) is 5.78 Å². The first-order valence-electron chi connectivity index (χ1n) is 22.5. The largest absolute Gasteiger partial charge is 1.00 e. The van der Waals surface area contributed by atoms with Crippen molar-refractivity contribution in [2.45, 2.75) is 154 Å². The summed E-state index contributed by atoms with van der Waals surface area (Å²) in [6, 6.07) is 0. The zero-order valence-corrected chi connectivity index (χ0v) is 48.2. The fraction of sp³-hybridized carbons (Fsp3) is 0.698. The number of amides is 2. The molecule has 2 amide bonds. The molecular weight excluding hydrogens is 1100 g/mol. The van der Waals surface area contributed by atoms with Gasteiger partial charge in [0.05, 0.1) is 18.5 Å². The molecule has 4 heterocycles. The molecule has 3 aromatic heterocycles. The van der Waals surface area contributed by atoms with E-state index in [1.165, 1.54) is 77.7 Å². The third-order valence-corrected chi connectivity index (χ3v) is 13.3. The first-order valence-corrected chi connectivity index (χ1v) is 26.4. The van der Waals surface area contributed by atoms with Crippen molar-refractivity contribution in [3.8, 4) is 0 Å². The van der Waals surface area contributed by atoms with E-state index in [1.54, 1.807) is 43.4 Å². The number of hydrogen-bond acceptors (Lipinski definition) is 23. The number of ketones is 1. The van der Waals surface area contributed by atoms with Gasteiger partial charge in [-0.25, -0.2) is 5.84 Å². The third-order valence-electron chi connectivity index (χ3n) is 8.79. The number of aliphatic hydroxyl groups excluding tert-OH is 2. The Labute approximate surface area is 470 Å². The second kappa shape index (κ2) is 50.0. The smallest absolute Gasteiger partial charge is 1.00 e. The number of aromatic nitrogens is 6. The molecule has 0 aromatic carbocycles. The van der Waals surface area contributed by atoms with Crippen LogP contribution in [0.4, 0.5) is 0 Å². The number of ether oxygens (including phenoxy) is 1. The van der Waals surface area contributed by atoms with Crippen molar-refractivity contribution in [2.75, 3.05) is 26.4 Å². The fourth-order valence-corrected chi connectivity index (χ4v) is 7.52. The van der Waals surface area contributed by atoms with Crippen LogP contribution in [0.15, 0.2) is 0 Å². The Morgan fingerprint density at radius 1 is 0.681 bits per heavy atom. The van der Waals surface area contributed by atoms with E-state index in [4.69, 9.17) is 61.2 Å². The van der Waals surface area contributed by atoms with Crippen LogP contribution >= 0.6 is 61.5 Å². The maximum absolute atomic E-state index is 11.0. The number of carbonyl (C=O) groups is 4. The van der Waals surface area contributed by atoms with E-state index >= 15 is 0 Å². The first kappa shape index (κ1) is 75.3. The Morgan fingerprint density at radius 2 is 1.04 bits per heavy atom. The molecule has 1 saturated heterocycles. The number of rotatable bonds is 12. The molecule has 72 heavy (non-hydrogen) atoms. The van der Waals surface area contributed by atoms with Gasteiger partial charge in [0, 0.05) is 70.7 Å². The summed E-state index contributed by atoms with van der Waals surface area (Å²) in [6.45, 7) is 9.81. The minimum absolute atomic E-state index is 0. The quantitative estimate of drug-likeness (QED) is 0.0432. The molecule has 22 nitrogen and oxygen atoms in total. The number of carbonyl (C=O) groups excluding carboxylic acids is 10. The molecule has 1 aliphatic heterocycles. The summed E-state index contributed by atoms with van der Waals surface area (Å²) in [4.78, 5) is 90.4. The van der Waals surface area contributed by atoms with Gasteiger partial charge < -0.3 is 21.7 Å². The maximum Gasteiger partial charge on any atom is 1.00 e. The average Bonchev–Trinajstić information content (AvgIpc) is 4.06. The summed E-state index contributed by atoms with van der Waals surface area (Å²) in [5, 5.41) is 50.0. The van der Waals surface area contributed by atoms with Gasteiger partial charge in [-0.2, -0.15) is 28.8 Å². The number of hydrogen-bond donors (Lipinski definition) is 5. The second-order valence-electron chi connectivity index (χ2n) is 14.8. The number of Topliss-reactive ketones (excluding diaryl/α,β-unsaturated/α-hetero) is 1. The average molecular weight is 1160 g/mol. The van der Waals surface area contributed by atoms with Gasteiger partial charge in [-0.3, -0.25) is 24.6 Å². The van der Waals surface area contributed by atoms with Crippen molar-refractivity contribution in [1.82, 2.24) is 41.3 Å². The van der Waals surface area contributed by atoms with Crippen LogP contribution in [-0.4, -0.2) is 117 Å². The number of aliphatic hydroxyl groups is 2. The van der Waals surface area contributed by atoms with Crippen molar-refractivity contribution in [3.05, 3.63) is 30.0 Å². The fourth-order valence-electron chi connectivity index (χ4n) is 4.38. The summed E-state index contributed by atoms with van der Waals surface area (Å²) in [6.07, 6.45) is 17.1. The number of nitrogens with zero attached hydrogens (tertiary/aromatic N) is 6. The SMILES string of the molecule is BrCc1nnc(C2CC2)s1.C1CCOC1.CCC(=O)Cl.CCC(=O)NCC(=O)C1CC1.CCO.CCc1nnc(C2CC2)s1.NNC(=O)C1CC1.O=C=O.O=C=O.O=C=O.OCc1nnc(C2CC2)s1.[B].[H-].[Na+]. The van der Waals surface area contributed by atoms with Crippen molar-refractivity contribution in [1.29, 1.82) is 0 Å². The first-order chi connectivity index (χ1) is 33.7. The molecular formula is C43H66BBrClN9NaO13S3. The predicted octanol–water partition coefficient (Wildman–Crippen LogP) is 2.02. The summed E-state index contributed by atoms with van der Waals surface area (Å²) < 4.78 is 4.94. The van der Waals surface area contributed by atoms with Crippen molar-refractivity contribution in [2.24, 2.45) is 17.7 Å². The predicted molar refractivity (Wildman–Crippen MR) is 266 cm³/mol. The number of aryl methyl sites for hydroxylation is 1. The molecule has 0 unspecified atom stereocenters. The van der Waals surface area contributed by atoms with Crippen LogP contribution in [0.1, 0.15) is 167 Å². The Hall–Kier alpha value is -3.23. The van der Waals surface area contributed by atoms with E-state index in [2.05, 4.69) is 64.2 Å². The van der Waals surface area contributed by atoms with Crippen molar-refractivity contribution < 1.29 is 93.9 Å². The normalized spacial score (nSPS) is 14.5. The van der Waals surface area contributed by atoms with Crippen LogP contribution in [-0.2, 0) is 71.0 Å². The minimum atomic E-state index is -0.273. The van der Waals surface area contributed by atoms with Gasteiger partial charge in [-0.1, -0.05) is 48.0 Å². The van der Waals surface area contributed by atoms with Gasteiger partial charge in [0.25, 0.3) is 0 Å².